The van der Waals surface area contributed by atoms with Crippen LogP contribution in [0.3, 0.4) is 0 Å². The first-order chi connectivity index (χ1) is 12.6. The molecule has 1 amide bonds. The van der Waals surface area contributed by atoms with Crippen molar-refractivity contribution < 1.29 is 4.79 Å². The first-order valence-corrected chi connectivity index (χ1v) is 10.8. The Morgan fingerprint density at radius 2 is 2.00 bits per heavy atom. The average Bonchev–Trinajstić information content (AvgIpc) is 3.39. The maximum atomic E-state index is 11.8. The van der Waals surface area contributed by atoms with Crippen molar-refractivity contribution in [1.29, 1.82) is 0 Å². The van der Waals surface area contributed by atoms with E-state index in [1.807, 2.05) is 19.1 Å². The van der Waals surface area contributed by atoms with Gasteiger partial charge in [-0.3, -0.25) is 4.79 Å². The zero-order chi connectivity index (χ0) is 18.1. The number of nitrogens with two attached hydrogens (primary N) is 1. The van der Waals surface area contributed by atoms with Crippen molar-refractivity contribution in [3.05, 3.63) is 62.6 Å². The number of hydrogen-bond acceptors (Lipinski definition) is 5. The molecule has 0 aliphatic heterocycles. The van der Waals surface area contributed by atoms with Crippen molar-refractivity contribution in [3.63, 3.8) is 0 Å². The van der Waals surface area contributed by atoms with E-state index in [9.17, 15) is 4.79 Å². The summed E-state index contributed by atoms with van der Waals surface area (Å²) in [6.45, 7) is 2.74. The molecular formula is C19H17N3OS3. The molecule has 2 N–H and O–H groups in total. The van der Waals surface area contributed by atoms with Gasteiger partial charge in [0.05, 0.1) is 21.8 Å². The number of carbonyl (C=O) groups excluding carboxylic acids is 1. The van der Waals surface area contributed by atoms with E-state index < -0.39 is 5.91 Å². The highest BCUT2D eigenvalue weighted by atomic mass is 32.1. The number of carbonyl (C=O) groups is 1. The van der Waals surface area contributed by atoms with Crippen LogP contribution in [0, 0.1) is 6.92 Å². The zero-order valence-electron chi connectivity index (χ0n) is 14.1. The zero-order valence-corrected chi connectivity index (χ0v) is 16.6. The summed E-state index contributed by atoms with van der Waals surface area (Å²) in [4.78, 5) is 19.1. The number of aryl methyl sites for hydroxylation is 1. The quantitative estimate of drug-likeness (QED) is 0.493. The molecule has 0 atom stereocenters. The molecule has 0 saturated carbocycles. The van der Waals surface area contributed by atoms with Crippen LogP contribution in [0.5, 0.6) is 0 Å². The maximum absolute atomic E-state index is 11.8. The van der Waals surface area contributed by atoms with Crippen molar-refractivity contribution in [2.75, 3.05) is 0 Å². The van der Waals surface area contributed by atoms with Gasteiger partial charge in [-0.1, -0.05) is 12.1 Å². The van der Waals surface area contributed by atoms with Crippen LogP contribution < -0.4 is 5.73 Å². The number of thiophene rings is 2. The largest absolute Gasteiger partial charge is 0.366 e. The van der Waals surface area contributed by atoms with Gasteiger partial charge in [0.2, 0.25) is 0 Å². The first kappa shape index (κ1) is 17.2. The molecule has 0 fully saturated rings. The Hall–Kier alpha value is -2.22. The molecule has 0 unspecified atom stereocenters. The Morgan fingerprint density at radius 1 is 1.19 bits per heavy atom. The van der Waals surface area contributed by atoms with Crippen LogP contribution in [-0.4, -0.2) is 15.5 Å². The van der Waals surface area contributed by atoms with Crippen molar-refractivity contribution in [2.45, 2.75) is 19.9 Å². The monoisotopic (exact) mass is 399 g/mol. The Balaban J connectivity index is 1.72. The molecule has 0 bridgehead atoms. The van der Waals surface area contributed by atoms with Gasteiger partial charge >= 0.3 is 0 Å². The topological polar surface area (TPSA) is 60.9 Å². The van der Waals surface area contributed by atoms with Crippen molar-refractivity contribution in [1.82, 2.24) is 9.55 Å². The molecule has 4 aromatic heterocycles. The van der Waals surface area contributed by atoms with E-state index >= 15 is 0 Å². The number of amides is 1. The second-order valence-corrected chi connectivity index (χ2v) is 8.73. The summed E-state index contributed by atoms with van der Waals surface area (Å²) in [5, 5.41) is 7.19. The van der Waals surface area contributed by atoms with E-state index in [4.69, 9.17) is 10.7 Å². The second kappa shape index (κ2) is 7.19. The van der Waals surface area contributed by atoms with Crippen LogP contribution in [0.4, 0.5) is 0 Å². The van der Waals surface area contributed by atoms with Crippen molar-refractivity contribution >= 4 is 39.9 Å². The average molecular weight is 400 g/mol. The molecule has 0 aromatic carbocycles. The fourth-order valence-electron chi connectivity index (χ4n) is 2.98. The van der Waals surface area contributed by atoms with Crippen molar-refractivity contribution in [3.8, 4) is 21.3 Å². The van der Waals surface area contributed by atoms with Crippen molar-refractivity contribution in [2.24, 2.45) is 5.73 Å². The minimum atomic E-state index is -0.396. The fourth-order valence-corrected chi connectivity index (χ4v) is 5.30. The molecular weight excluding hydrogens is 382 g/mol. The van der Waals surface area contributed by atoms with Crippen LogP contribution in [0.15, 0.2) is 46.5 Å². The Morgan fingerprint density at radius 3 is 2.69 bits per heavy atom. The molecule has 0 aliphatic carbocycles. The van der Waals surface area contributed by atoms with Gasteiger partial charge in [0.25, 0.3) is 5.91 Å². The van der Waals surface area contributed by atoms with Gasteiger partial charge in [0, 0.05) is 22.5 Å². The maximum Gasteiger partial charge on any atom is 0.250 e. The van der Waals surface area contributed by atoms with E-state index in [1.54, 1.807) is 34.0 Å². The van der Waals surface area contributed by atoms with Gasteiger partial charge in [0.15, 0.2) is 0 Å². The molecule has 4 nitrogen and oxygen atoms in total. The summed E-state index contributed by atoms with van der Waals surface area (Å²) in [6.07, 6.45) is 0.917. The second-order valence-electron chi connectivity index (χ2n) is 5.89. The number of aromatic nitrogens is 2. The van der Waals surface area contributed by atoms with Crippen LogP contribution >= 0.6 is 34.0 Å². The minimum absolute atomic E-state index is 0.396. The van der Waals surface area contributed by atoms with E-state index in [2.05, 4.69) is 38.9 Å². The molecule has 0 spiro atoms. The fraction of sp³-hybridized carbons (Fsp3) is 0.158. The van der Waals surface area contributed by atoms with Crippen LogP contribution in [0.2, 0.25) is 0 Å². The lowest BCUT2D eigenvalue weighted by Crippen LogP contribution is -2.13. The van der Waals surface area contributed by atoms with Gasteiger partial charge < -0.3 is 10.3 Å². The Bertz CT molecular complexity index is 1030. The summed E-state index contributed by atoms with van der Waals surface area (Å²) in [6, 6.07) is 10.2. The molecule has 7 heteroatoms. The van der Waals surface area contributed by atoms with E-state index in [-0.39, 0.29) is 0 Å². The molecule has 132 valence electrons. The van der Waals surface area contributed by atoms with E-state index in [0.717, 1.165) is 39.9 Å². The summed E-state index contributed by atoms with van der Waals surface area (Å²) in [7, 11) is 0. The summed E-state index contributed by atoms with van der Waals surface area (Å²) >= 11 is 5.05. The SMILES string of the molecule is Cc1c(C(N)=O)cc(-c2csc(-c3cccs3)n2)n1CCc1cccs1. The number of hydrogen-bond donors (Lipinski definition) is 1. The van der Waals surface area contributed by atoms with Gasteiger partial charge in [-0.15, -0.1) is 34.0 Å². The van der Waals surface area contributed by atoms with E-state index in [0.29, 0.717) is 5.56 Å². The third-order valence-electron chi connectivity index (χ3n) is 4.29. The van der Waals surface area contributed by atoms with Gasteiger partial charge in [0.1, 0.15) is 5.01 Å². The molecule has 4 aromatic rings. The standard InChI is InChI=1S/C19H17N3OS3/c1-12-14(18(20)23)10-16(22(12)7-6-13-4-2-8-24-13)15-11-26-19(21-15)17-5-3-9-25-17/h2-5,8-11H,6-7H2,1H3,(H2,20,23). The Kier molecular flexibility index (Phi) is 4.76. The minimum Gasteiger partial charge on any atom is -0.366 e. The van der Waals surface area contributed by atoms with Gasteiger partial charge in [-0.2, -0.15) is 0 Å². The summed E-state index contributed by atoms with van der Waals surface area (Å²) in [5.74, 6) is -0.396. The smallest absolute Gasteiger partial charge is 0.250 e. The highest BCUT2D eigenvalue weighted by Gasteiger charge is 2.19. The normalized spacial score (nSPS) is 11.1. The van der Waals surface area contributed by atoms with Gasteiger partial charge in [-0.25, -0.2) is 4.98 Å². The highest BCUT2D eigenvalue weighted by Crippen LogP contribution is 2.33. The van der Waals surface area contributed by atoms with Crippen LogP contribution in [0.25, 0.3) is 21.3 Å². The lowest BCUT2D eigenvalue weighted by atomic mass is 10.2. The number of rotatable bonds is 6. The Labute approximate surface area is 163 Å². The predicted molar refractivity (Wildman–Crippen MR) is 110 cm³/mol. The molecule has 4 heterocycles. The lowest BCUT2D eigenvalue weighted by Gasteiger charge is -2.10. The third-order valence-corrected chi connectivity index (χ3v) is 7.11. The molecule has 0 radical (unpaired) electrons. The highest BCUT2D eigenvalue weighted by molar-refractivity contribution is 7.20. The number of nitrogens with zero attached hydrogens (tertiary/aromatic N) is 2. The summed E-state index contributed by atoms with van der Waals surface area (Å²) < 4.78 is 2.16. The lowest BCUT2D eigenvalue weighted by molar-refractivity contribution is 0.0999. The predicted octanol–water partition coefficient (Wildman–Crippen LogP) is 5.05. The molecule has 0 saturated heterocycles. The third kappa shape index (κ3) is 3.25. The van der Waals surface area contributed by atoms with Crippen LogP contribution in [0.1, 0.15) is 20.9 Å². The number of thiazole rings is 1. The first-order valence-electron chi connectivity index (χ1n) is 8.15. The van der Waals surface area contributed by atoms with E-state index in [1.165, 1.54) is 4.88 Å². The molecule has 26 heavy (non-hydrogen) atoms. The molecule has 4 rings (SSSR count). The van der Waals surface area contributed by atoms with Crippen LogP contribution in [-0.2, 0) is 13.0 Å². The summed E-state index contributed by atoms with van der Waals surface area (Å²) in [5.41, 5.74) is 8.89. The number of primary amides is 1. The van der Waals surface area contributed by atoms with Gasteiger partial charge in [-0.05, 0) is 42.3 Å². The molecule has 0 aliphatic rings.